The Bertz CT molecular complexity index is 715. The summed E-state index contributed by atoms with van der Waals surface area (Å²) >= 11 is 0. The second kappa shape index (κ2) is 12.3. The molecule has 0 saturated carbocycles. The van der Waals surface area contributed by atoms with Crippen molar-refractivity contribution in [3.8, 4) is 0 Å². The van der Waals surface area contributed by atoms with E-state index in [4.69, 9.17) is 0 Å². The number of amides is 2. The van der Waals surface area contributed by atoms with Crippen molar-refractivity contribution >= 4 is 23.2 Å². The number of hydrogen-bond donors (Lipinski definition) is 1. The number of hydrogen-bond acceptors (Lipinski definition) is 3. The molecule has 2 atom stereocenters. The van der Waals surface area contributed by atoms with Gasteiger partial charge in [-0.3, -0.25) is 9.59 Å². The Morgan fingerprint density at radius 2 is 1.66 bits per heavy atom. The monoisotopic (exact) mass is 443 g/mol. The summed E-state index contributed by atoms with van der Waals surface area (Å²) in [5, 5.41) is 3.08. The maximum absolute atomic E-state index is 12.7. The Kier molecular flexibility index (Phi) is 10.0. The lowest BCUT2D eigenvalue weighted by Crippen LogP contribution is -2.49. The van der Waals surface area contributed by atoms with Crippen molar-refractivity contribution in [2.75, 3.05) is 36.4 Å². The standard InChI is InChI=1S/C27H45N3O2/c1-7-9-10-22(8-2)26(32)28-23-11-13-24(14-12-23)29-15-17-30(18-16-29)25(31)19-21(3)20-27(4,5)6/h11-14,21-22H,7-10,15-20H2,1-6H3,(H,28,32)/t21-,22+/m1/s1. The van der Waals surface area contributed by atoms with Crippen molar-refractivity contribution in [2.24, 2.45) is 17.3 Å². The molecule has 0 bridgehead atoms. The zero-order valence-corrected chi connectivity index (χ0v) is 21.2. The lowest BCUT2D eigenvalue weighted by atomic mass is 9.84. The second-order valence-electron chi connectivity index (χ2n) is 10.7. The molecule has 0 aliphatic carbocycles. The highest BCUT2D eigenvalue weighted by Crippen LogP contribution is 2.27. The summed E-state index contributed by atoms with van der Waals surface area (Å²) in [6.07, 6.45) is 5.75. The Hall–Kier alpha value is -2.04. The number of carbonyl (C=O) groups is 2. The summed E-state index contributed by atoms with van der Waals surface area (Å²) in [4.78, 5) is 29.6. The van der Waals surface area contributed by atoms with Crippen molar-refractivity contribution in [1.82, 2.24) is 4.90 Å². The summed E-state index contributed by atoms with van der Waals surface area (Å²) in [5.74, 6) is 0.915. The van der Waals surface area contributed by atoms with Gasteiger partial charge >= 0.3 is 0 Å². The van der Waals surface area contributed by atoms with Crippen LogP contribution in [-0.2, 0) is 9.59 Å². The van der Waals surface area contributed by atoms with Crippen molar-refractivity contribution < 1.29 is 9.59 Å². The van der Waals surface area contributed by atoms with E-state index in [0.29, 0.717) is 12.3 Å². The van der Waals surface area contributed by atoms with E-state index in [0.717, 1.165) is 69.7 Å². The van der Waals surface area contributed by atoms with E-state index in [1.165, 1.54) is 0 Å². The summed E-state index contributed by atoms with van der Waals surface area (Å²) in [6.45, 7) is 16.4. The molecule has 1 aliphatic rings. The fourth-order valence-electron chi connectivity index (χ4n) is 4.73. The highest BCUT2D eigenvalue weighted by Gasteiger charge is 2.24. The summed E-state index contributed by atoms with van der Waals surface area (Å²) in [6, 6.07) is 8.13. The molecular weight excluding hydrogens is 398 g/mol. The molecule has 5 nitrogen and oxygen atoms in total. The molecule has 180 valence electrons. The molecule has 0 spiro atoms. The number of benzene rings is 1. The minimum absolute atomic E-state index is 0.0892. The number of nitrogens with zero attached hydrogens (tertiary/aromatic N) is 2. The third-order valence-electron chi connectivity index (χ3n) is 6.39. The highest BCUT2D eigenvalue weighted by molar-refractivity contribution is 5.92. The van der Waals surface area contributed by atoms with Crippen LogP contribution in [0.3, 0.4) is 0 Å². The van der Waals surface area contributed by atoms with Crippen LogP contribution >= 0.6 is 0 Å². The van der Waals surface area contributed by atoms with Crippen LogP contribution < -0.4 is 10.2 Å². The topological polar surface area (TPSA) is 52.7 Å². The van der Waals surface area contributed by atoms with Crippen molar-refractivity contribution in [3.63, 3.8) is 0 Å². The summed E-state index contributed by atoms with van der Waals surface area (Å²) in [5.41, 5.74) is 2.27. The molecule has 1 heterocycles. The second-order valence-corrected chi connectivity index (χ2v) is 10.7. The molecule has 5 heteroatoms. The number of unbranched alkanes of at least 4 members (excludes halogenated alkanes) is 1. The molecule has 1 aromatic rings. The van der Waals surface area contributed by atoms with Crippen LogP contribution in [0.4, 0.5) is 11.4 Å². The lowest BCUT2D eigenvalue weighted by molar-refractivity contribution is -0.132. The first-order valence-corrected chi connectivity index (χ1v) is 12.6. The van der Waals surface area contributed by atoms with Gasteiger partial charge in [-0.25, -0.2) is 0 Å². The predicted molar refractivity (Wildman–Crippen MR) is 135 cm³/mol. The van der Waals surface area contributed by atoms with Gasteiger partial charge in [0, 0.05) is 49.9 Å². The normalized spacial score (nSPS) is 16.6. The van der Waals surface area contributed by atoms with E-state index >= 15 is 0 Å². The van der Waals surface area contributed by atoms with Crippen LogP contribution in [0.1, 0.15) is 80.1 Å². The molecule has 0 radical (unpaired) electrons. The third-order valence-corrected chi connectivity index (χ3v) is 6.39. The Balaban J connectivity index is 1.82. The van der Waals surface area contributed by atoms with Gasteiger partial charge in [0.25, 0.3) is 0 Å². The predicted octanol–water partition coefficient (Wildman–Crippen LogP) is 5.95. The lowest BCUT2D eigenvalue weighted by Gasteiger charge is -2.37. The Labute approximate surface area is 195 Å². The molecule has 1 saturated heterocycles. The summed E-state index contributed by atoms with van der Waals surface area (Å²) < 4.78 is 0. The maximum Gasteiger partial charge on any atom is 0.227 e. The molecule has 1 aromatic carbocycles. The molecule has 0 aromatic heterocycles. The van der Waals surface area contributed by atoms with E-state index < -0.39 is 0 Å². The van der Waals surface area contributed by atoms with Crippen LogP contribution in [0, 0.1) is 17.3 Å². The maximum atomic E-state index is 12.7. The minimum atomic E-state index is 0.0892. The number of nitrogens with one attached hydrogen (secondary N) is 1. The first-order chi connectivity index (χ1) is 15.1. The molecule has 1 fully saturated rings. The van der Waals surface area contributed by atoms with Gasteiger partial charge in [-0.05, 0) is 54.9 Å². The van der Waals surface area contributed by atoms with E-state index in [9.17, 15) is 9.59 Å². The minimum Gasteiger partial charge on any atom is -0.368 e. The van der Waals surface area contributed by atoms with E-state index in [-0.39, 0.29) is 23.1 Å². The zero-order valence-electron chi connectivity index (χ0n) is 21.2. The first-order valence-electron chi connectivity index (χ1n) is 12.6. The van der Waals surface area contributed by atoms with Crippen LogP contribution in [0.25, 0.3) is 0 Å². The average molecular weight is 444 g/mol. The van der Waals surface area contributed by atoms with Gasteiger partial charge in [0.2, 0.25) is 11.8 Å². The van der Waals surface area contributed by atoms with Gasteiger partial charge in [0.1, 0.15) is 0 Å². The third kappa shape index (κ3) is 8.48. The largest absolute Gasteiger partial charge is 0.368 e. The van der Waals surface area contributed by atoms with Crippen LogP contribution in [0.5, 0.6) is 0 Å². The number of piperazine rings is 1. The smallest absolute Gasteiger partial charge is 0.227 e. The Morgan fingerprint density at radius 1 is 1.03 bits per heavy atom. The molecule has 2 rings (SSSR count). The number of carbonyl (C=O) groups excluding carboxylic acids is 2. The van der Waals surface area contributed by atoms with E-state index in [1.807, 2.05) is 17.0 Å². The molecular formula is C27H45N3O2. The van der Waals surface area contributed by atoms with Crippen molar-refractivity contribution in [2.45, 2.75) is 80.1 Å². The molecule has 2 amide bonds. The quantitative estimate of drug-likeness (QED) is 0.486. The van der Waals surface area contributed by atoms with Crippen molar-refractivity contribution in [1.29, 1.82) is 0 Å². The fraction of sp³-hybridized carbons (Fsp3) is 0.704. The average Bonchev–Trinajstić information content (AvgIpc) is 2.73. The van der Waals surface area contributed by atoms with Crippen LogP contribution in [0.15, 0.2) is 24.3 Å². The van der Waals surface area contributed by atoms with Gasteiger partial charge in [-0.15, -0.1) is 0 Å². The van der Waals surface area contributed by atoms with Gasteiger partial charge in [-0.2, -0.15) is 0 Å². The zero-order chi connectivity index (χ0) is 23.7. The highest BCUT2D eigenvalue weighted by atomic mass is 16.2. The SMILES string of the molecule is CCCC[C@H](CC)C(=O)Nc1ccc(N2CCN(C(=O)C[C@@H](C)CC(C)(C)C)CC2)cc1. The van der Waals surface area contributed by atoms with Gasteiger partial charge in [0.15, 0.2) is 0 Å². The van der Waals surface area contributed by atoms with Crippen molar-refractivity contribution in [3.05, 3.63) is 24.3 Å². The number of anilines is 2. The first kappa shape index (κ1) is 26.2. The number of rotatable bonds is 10. The van der Waals surface area contributed by atoms with E-state index in [2.05, 4.69) is 63.9 Å². The van der Waals surface area contributed by atoms with Gasteiger partial charge < -0.3 is 15.1 Å². The van der Waals surface area contributed by atoms with Gasteiger partial charge in [-0.1, -0.05) is 54.4 Å². The molecule has 1 aliphatic heterocycles. The summed E-state index contributed by atoms with van der Waals surface area (Å²) in [7, 11) is 0. The fourth-order valence-corrected chi connectivity index (χ4v) is 4.73. The van der Waals surface area contributed by atoms with Gasteiger partial charge in [0.05, 0.1) is 0 Å². The molecule has 1 N–H and O–H groups in total. The Morgan fingerprint density at radius 3 is 2.19 bits per heavy atom. The van der Waals surface area contributed by atoms with E-state index in [1.54, 1.807) is 0 Å². The molecule has 0 unspecified atom stereocenters. The van der Waals surface area contributed by atoms with Crippen LogP contribution in [0.2, 0.25) is 0 Å². The van der Waals surface area contributed by atoms with Crippen LogP contribution in [-0.4, -0.2) is 42.9 Å². The molecule has 32 heavy (non-hydrogen) atoms.